The highest BCUT2D eigenvalue weighted by Crippen LogP contribution is 2.10. The molecule has 0 aliphatic rings. The van der Waals surface area contributed by atoms with Crippen LogP contribution in [0.2, 0.25) is 0 Å². The molecule has 0 saturated heterocycles. The van der Waals surface area contributed by atoms with E-state index in [9.17, 15) is 4.79 Å². The number of carbonyl (C=O) groups is 1. The van der Waals surface area contributed by atoms with Gasteiger partial charge < -0.3 is 9.15 Å². The van der Waals surface area contributed by atoms with Crippen molar-refractivity contribution in [1.29, 1.82) is 0 Å². The fourth-order valence-corrected chi connectivity index (χ4v) is 1.78. The number of rotatable bonds is 5. The molecule has 5 nitrogen and oxygen atoms in total. The first-order valence-electron chi connectivity index (χ1n) is 5.94. The molecule has 0 aliphatic carbocycles. The smallest absolute Gasteiger partial charge is 0.341 e. The molecule has 2 aromatic heterocycles. The first-order valence-corrected chi connectivity index (χ1v) is 5.94. The summed E-state index contributed by atoms with van der Waals surface area (Å²) in [5, 5.41) is 4.16. The van der Waals surface area contributed by atoms with E-state index in [-0.39, 0.29) is 5.97 Å². The third-order valence-electron chi connectivity index (χ3n) is 2.77. The van der Waals surface area contributed by atoms with Gasteiger partial charge in [-0.15, -0.1) is 0 Å². The molecular weight excluding hydrogens is 232 g/mol. The van der Waals surface area contributed by atoms with Gasteiger partial charge in [-0.1, -0.05) is 0 Å². The number of nitrogens with zero attached hydrogens (tertiary/aromatic N) is 2. The molecule has 0 bridgehead atoms. The molecule has 0 N–H and O–H groups in total. The van der Waals surface area contributed by atoms with Gasteiger partial charge in [0.05, 0.1) is 12.9 Å². The van der Waals surface area contributed by atoms with Crippen LogP contribution in [0.4, 0.5) is 0 Å². The summed E-state index contributed by atoms with van der Waals surface area (Å²) in [4.78, 5) is 11.7. The summed E-state index contributed by atoms with van der Waals surface area (Å²) in [7, 11) is 0. The summed E-state index contributed by atoms with van der Waals surface area (Å²) >= 11 is 0. The van der Waals surface area contributed by atoms with Crippen molar-refractivity contribution < 1.29 is 13.9 Å². The summed E-state index contributed by atoms with van der Waals surface area (Å²) in [5.41, 5.74) is 1.55. The lowest BCUT2D eigenvalue weighted by atomic mass is 10.2. The molecule has 18 heavy (non-hydrogen) atoms. The molecule has 0 aliphatic heterocycles. The Balaban J connectivity index is 1.86. The van der Waals surface area contributed by atoms with Gasteiger partial charge in [0.1, 0.15) is 11.3 Å². The van der Waals surface area contributed by atoms with E-state index in [1.807, 2.05) is 17.7 Å². The number of esters is 1. The number of aromatic nitrogens is 2. The molecule has 0 radical (unpaired) electrons. The van der Waals surface area contributed by atoms with Crippen LogP contribution in [0.5, 0.6) is 0 Å². The second kappa shape index (κ2) is 5.53. The molecule has 0 amide bonds. The van der Waals surface area contributed by atoms with Gasteiger partial charge in [0, 0.05) is 24.9 Å². The minimum Gasteiger partial charge on any atom is -0.469 e. The predicted molar refractivity (Wildman–Crippen MR) is 65.3 cm³/mol. The van der Waals surface area contributed by atoms with Crippen molar-refractivity contribution in [2.24, 2.45) is 0 Å². The SMILES string of the molecule is CCn1nccc1CCOC(=O)c1ccoc1C. The van der Waals surface area contributed by atoms with Crippen LogP contribution >= 0.6 is 0 Å². The van der Waals surface area contributed by atoms with Gasteiger partial charge in [0.15, 0.2) is 0 Å². The summed E-state index contributed by atoms with van der Waals surface area (Å²) in [6, 6.07) is 3.55. The van der Waals surface area contributed by atoms with Crippen LogP contribution in [0.3, 0.4) is 0 Å². The molecule has 0 spiro atoms. The Morgan fingerprint density at radius 1 is 1.50 bits per heavy atom. The van der Waals surface area contributed by atoms with Crippen LogP contribution < -0.4 is 0 Å². The largest absolute Gasteiger partial charge is 0.469 e. The average molecular weight is 248 g/mol. The van der Waals surface area contributed by atoms with Crippen molar-refractivity contribution in [2.75, 3.05) is 6.61 Å². The molecule has 5 heteroatoms. The molecule has 0 fully saturated rings. The van der Waals surface area contributed by atoms with Gasteiger partial charge >= 0.3 is 5.97 Å². The zero-order valence-corrected chi connectivity index (χ0v) is 10.5. The van der Waals surface area contributed by atoms with E-state index in [4.69, 9.17) is 9.15 Å². The van der Waals surface area contributed by atoms with Crippen molar-refractivity contribution in [3.05, 3.63) is 41.6 Å². The van der Waals surface area contributed by atoms with Crippen LogP contribution in [-0.4, -0.2) is 22.4 Å². The lowest BCUT2D eigenvalue weighted by Gasteiger charge is -2.05. The van der Waals surface area contributed by atoms with E-state index in [1.54, 1.807) is 19.2 Å². The summed E-state index contributed by atoms with van der Waals surface area (Å²) < 4.78 is 12.1. The van der Waals surface area contributed by atoms with E-state index in [0.717, 1.165) is 12.2 Å². The van der Waals surface area contributed by atoms with Gasteiger partial charge in [-0.3, -0.25) is 4.68 Å². The summed E-state index contributed by atoms with van der Waals surface area (Å²) in [5.74, 6) is 0.238. The van der Waals surface area contributed by atoms with Gasteiger partial charge in [0.25, 0.3) is 0 Å². The minimum absolute atomic E-state index is 0.342. The monoisotopic (exact) mass is 248 g/mol. The Labute approximate surface area is 105 Å². The van der Waals surface area contributed by atoms with E-state index < -0.39 is 0 Å². The van der Waals surface area contributed by atoms with E-state index in [2.05, 4.69) is 5.10 Å². The number of hydrogen-bond acceptors (Lipinski definition) is 4. The fraction of sp³-hybridized carbons (Fsp3) is 0.385. The van der Waals surface area contributed by atoms with Crippen LogP contribution in [0.25, 0.3) is 0 Å². The van der Waals surface area contributed by atoms with Gasteiger partial charge in [-0.25, -0.2) is 4.79 Å². The highest BCUT2D eigenvalue weighted by Gasteiger charge is 2.12. The topological polar surface area (TPSA) is 57.3 Å². The second-order valence-electron chi connectivity index (χ2n) is 3.91. The van der Waals surface area contributed by atoms with Crippen molar-refractivity contribution in [3.63, 3.8) is 0 Å². The maximum absolute atomic E-state index is 11.7. The number of furan rings is 1. The number of ether oxygens (including phenoxy) is 1. The van der Waals surface area contributed by atoms with Crippen molar-refractivity contribution >= 4 is 5.97 Å². The standard InChI is InChI=1S/C13H16N2O3/c1-3-15-11(4-7-14-15)5-8-18-13(16)12-6-9-17-10(12)2/h4,6-7,9H,3,5,8H2,1-2H3. The Hall–Kier alpha value is -2.04. The lowest BCUT2D eigenvalue weighted by molar-refractivity contribution is 0.0505. The second-order valence-corrected chi connectivity index (χ2v) is 3.91. The molecule has 2 rings (SSSR count). The van der Waals surface area contributed by atoms with Gasteiger partial charge in [0.2, 0.25) is 0 Å². The quantitative estimate of drug-likeness (QED) is 0.761. The Morgan fingerprint density at radius 3 is 3.00 bits per heavy atom. The maximum atomic E-state index is 11.7. The molecule has 2 aromatic rings. The molecule has 0 atom stereocenters. The van der Waals surface area contributed by atoms with E-state index >= 15 is 0 Å². The van der Waals surface area contributed by atoms with Gasteiger partial charge in [-0.2, -0.15) is 5.10 Å². The lowest BCUT2D eigenvalue weighted by Crippen LogP contribution is -2.11. The molecular formula is C13H16N2O3. The van der Waals surface area contributed by atoms with Crippen LogP contribution in [0.1, 0.15) is 28.7 Å². The zero-order chi connectivity index (χ0) is 13.0. The molecule has 0 saturated carbocycles. The first kappa shape index (κ1) is 12.4. The Bertz CT molecular complexity index is 528. The van der Waals surface area contributed by atoms with Gasteiger partial charge in [-0.05, 0) is 26.0 Å². The zero-order valence-electron chi connectivity index (χ0n) is 10.5. The Morgan fingerprint density at radius 2 is 2.33 bits per heavy atom. The van der Waals surface area contributed by atoms with E-state index in [0.29, 0.717) is 24.4 Å². The first-order chi connectivity index (χ1) is 8.72. The Kier molecular flexibility index (Phi) is 3.82. The number of carbonyl (C=O) groups excluding carboxylic acids is 1. The van der Waals surface area contributed by atoms with Crippen LogP contribution in [0.15, 0.2) is 29.0 Å². The average Bonchev–Trinajstić information content (AvgIpc) is 2.97. The fourth-order valence-electron chi connectivity index (χ4n) is 1.78. The van der Waals surface area contributed by atoms with Crippen LogP contribution in [-0.2, 0) is 17.7 Å². The third kappa shape index (κ3) is 2.61. The minimum atomic E-state index is -0.344. The number of hydrogen-bond donors (Lipinski definition) is 0. The molecule has 2 heterocycles. The number of aryl methyl sites for hydroxylation is 2. The molecule has 0 unspecified atom stereocenters. The van der Waals surface area contributed by atoms with Crippen molar-refractivity contribution in [3.8, 4) is 0 Å². The van der Waals surface area contributed by atoms with E-state index in [1.165, 1.54) is 6.26 Å². The maximum Gasteiger partial charge on any atom is 0.341 e. The molecule has 96 valence electrons. The summed E-state index contributed by atoms with van der Waals surface area (Å²) in [6.45, 7) is 4.92. The van der Waals surface area contributed by atoms with Crippen LogP contribution in [0, 0.1) is 6.92 Å². The highest BCUT2D eigenvalue weighted by atomic mass is 16.5. The van der Waals surface area contributed by atoms with Crippen molar-refractivity contribution in [2.45, 2.75) is 26.8 Å². The third-order valence-corrected chi connectivity index (χ3v) is 2.77. The summed E-state index contributed by atoms with van der Waals surface area (Å²) in [6.07, 6.45) is 3.90. The normalized spacial score (nSPS) is 10.6. The molecule has 0 aromatic carbocycles. The highest BCUT2D eigenvalue weighted by molar-refractivity contribution is 5.90. The predicted octanol–water partition coefficient (Wildman–Crippen LogP) is 2.20. The van der Waals surface area contributed by atoms with Crippen molar-refractivity contribution in [1.82, 2.24) is 9.78 Å².